The van der Waals surface area contributed by atoms with Gasteiger partial charge in [-0.3, -0.25) is 14.3 Å². The summed E-state index contributed by atoms with van der Waals surface area (Å²) in [4.78, 5) is 40.2. The molecule has 0 aromatic carbocycles. The van der Waals surface area contributed by atoms with Gasteiger partial charge in [-0.2, -0.15) is 5.10 Å². The first-order valence-corrected chi connectivity index (χ1v) is 10.7. The molecule has 11 nitrogen and oxygen atoms in total. The van der Waals surface area contributed by atoms with Crippen molar-refractivity contribution in [1.82, 2.24) is 29.6 Å². The van der Waals surface area contributed by atoms with Gasteiger partial charge in [-0.05, 0) is 31.4 Å². The molecule has 0 saturated heterocycles. The van der Waals surface area contributed by atoms with Gasteiger partial charge in [0.2, 0.25) is 0 Å². The summed E-state index contributed by atoms with van der Waals surface area (Å²) in [5.74, 6) is -0.447. The Balaban J connectivity index is 1.61. The van der Waals surface area contributed by atoms with Crippen LogP contribution < -0.4 is 10.6 Å². The Hall–Kier alpha value is -3.86. The van der Waals surface area contributed by atoms with E-state index in [1.54, 1.807) is 32.7 Å². The number of carbonyl (C=O) groups is 2. The van der Waals surface area contributed by atoms with E-state index in [4.69, 9.17) is 5.11 Å². The van der Waals surface area contributed by atoms with Crippen LogP contribution in [0.15, 0.2) is 37.1 Å². The van der Waals surface area contributed by atoms with Crippen LogP contribution in [-0.2, 0) is 7.05 Å². The average Bonchev–Trinajstić information content (AvgIpc) is 3.60. The lowest BCUT2D eigenvalue weighted by atomic mass is 10.2. The molecule has 0 spiro atoms. The number of aromatic nitrogens is 5. The van der Waals surface area contributed by atoms with Crippen LogP contribution in [0.5, 0.6) is 0 Å². The minimum atomic E-state index is -0.461. The largest absolute Gasteiger partial charge is 0.396 e. The second-order valence-corrected chi connectivity index (χ2v) is 7.98. The van der Waals surface area contributed by atoms with Crippen molar-refractivity contribution in [2.45, 2.75) is 25.2 Å². The van der Waals surface area contributed by atoms with Crippen molar-refractivity contribution in [2.75, 3.05) is 30.8 Å². The molecule has 0 bridgehead atoms. The van der Waals surface area contributed by atoms with Crippen molar-refractivity contribution in [2.24, 2.45) is 7.05 Å². The lowest BCUT2D eigenvalue weighted by Crippen LogP contribution is -2.29. The second kappa shape index (κ2) is 9.74. The summed E-state index contributed by atoms with van der Waals surface area (Å²) in [5, 5.41) is 19.2. The second-order valence-electron chi connectivity index (χ2n) is 7.98. The number of pyridine rings is 1. The predicted octanol–water partition coefficient (Wildman–Crippen LogP) is 1.93. The number of carbonyl (C=O) groups excluding carboxylic acids is 2. The van der Waals surface area contributed by atoms with Gasteiger partial charge in [-0.25, -0.2) is 15.0 Å². The number of nitrogens with zero attached hydrogens (tertiary/aromatic N) is 6. The fourth-order valence-electron chi connectivity index (χ4n) is 3.38. The molecule has 1 fully saturated rings. The van der Waals surface area contributed by atoms with Crippen molar-refractivity contribution >= 4 is 28.9 Å². The molecule has 11 heteroatoms. The van der Waals surface area contributed by atoms with Gasteiger partial charge in [0.15, 0.2) is 11.4 Å². The summed E-state index contributed by atoms with van der Waals surface area (Å²) >= 11 is 0. The van der Waals surface area contributed by atoms with Crippen LogP contribution in [0.4, 0.5) is 17.1 Å². The van der Waals surface area contributed by atoms with Crippen molar-refractivity contribution in [3.05, 3.63) is 54.1 Å². The number of hydrogen-bond acceptors (Lipinski definition) is 8. The first-order valence-electron chi connectivity index (χ1n) is 10.7. The summed E-state index contributed by atoms with van der Waals surface area (Å²) in [6.07, 6.45) is 8.75. The van der Waals surface area contributed by atoms with Gasteiger partial charge in [0, 0.05) is 45.1 Å². The third kappa shape index (κ3) is 5.32. The predicted molar refractivity (Wildman–Crippen MR) is 121 cm³/mol. The first-order chi connectivity index (χ1) is 16.0. The maximum Gasteiger partial charge on any atom is 0.276 e. The number of nitrogens with one attached hydrogen (secondary N) is 2. The molecule has 0 radical (unpaired) electrons. The van der Waals surface area contributed by atoms with Gasteiger partial charge in [0.05, 0.1) is 29.5 Å². The van der Waals surface area contributed by atoms with Crippen LogP contribution in [0.3, 0.4) is 0 Å². The molecule has 1 saturated carbocycles. The van der Waals surface area contributed by atoms with Crippen molar-refractivity contribution in [3.8, 4) is 0 Å². The Morgan fingerprint density at radius 1 is 1.18 bits per heavy atom. The van der Waals surface area contributed by atoms with Crippen LogP contribution in [0.25, 0.3) is 0 Å². The summed E-state index contributed by atoms with van der Waals surface area (Å²) in [5.41, 5.74) is 2.60. The highest BCUT2D eigenvalue weighted by Crippen LogP contribution is 2.39. The van der Waals surface area contributed by atoms with Gasteiger partial charge in [-0.1, -0.05) is 0 Å². The number of anilines is 3. The van der Waals surface area contributed by atoms with Crippen molar-refractivity contribution in [3.63, 3.8) is 0 Å². The number of aliphatic hydroxyl groups is 1. The Kier molecular flexibility index (Phi) is 6.59. The summed E-state index contributed by atoms with van der Waals surface area (Å²) in [6, 6.07) is 3.73. The zero-order valence-corrected chi connectivity index (χ0v) is 18.5. The third-order valence-electron chi connectivity index (χ3n) is 5.24. The number of rotatable bonds is 9. The molecule has 4 rings (SSSR count). The van der Waals surface area contributed by atoms with E-state index in [2.05, 4.69) is 30.7 Å². The van der Waals surface area contributed by atoms with E-state index >= 15 is 0 Å². The fourth-order valence-corrected chi connectivity index (χ4v) is 3.38. The smallest absolute Gasteiger partial charge is 0.276 e. The molecule has 0 aliphatic heterocycles. The standard InChI is InChI=1S/C22H26N8O3/c1-29(8-3-9-31)22(33)20-18(12-30(2)28-20)27-21(32)19-17(25-15-10-23-13-24-11-15)7-6-16(26-19)14-4-5-14/h6-7,10-14,25,31H,3-5,8-9H2,1-2H3,(H,27,32). The highest BCUT2D eigenvalue weighted by molar-refractivity contribution is 6.10. The summed E-state index contributed by atoms with van der Waals surface area (Å²) in [6.45, 7) is 0.353. The Morgan fingerprint density at radius 2 is 1.94 bits per heavy atom. The molecular formula is C22H26N8O3. The number of amides is 2. The molecule has 1 aliphatic carbocycles. The van der Waals surface area contributed by atoms with Gasteiger partial charge >= 0.3 is 0 Å². The van der Waals surface area contributed by atoms with E-state index in [0.29, 0.717) is 30.3 Å². The maximum absolute atomic E-state index is 13.3. The van der Waals surface area contributed by atoms with E-state index in [0.717, 1.165) is 18.5 Å². The molecular weight excluding hydrogens is 424 g/mol. The molecule has 3 aromatic rings. The molecule has 2 amide bonds. The molecule has 1 aliphatic rings. The SMILES string of the molecule is CN(CCCO)C(=O)c1nn(C)cc1NC(=O)c1nc(C2CC2)ccc1Nc1cncnc1. The van der Waals surface area contributed by atoms with Crippen LogP contribution in [0, 0.1) is 0 Å². The Labute approximate surface area is 190 Å². The highest BCUT2D eigenvalue weighted by atomic mass is 16.3. The van der Waals surface area contributed by atoms with E-state index < -0.39 is 5.91 Å². The lowest BCUT2D eigenvalue weighted by Gasteiger charge is -2.16. The molecule has 3 aromatic heterocycles. The first kappa shape index (κ1) is 22.3. The molecule has 0 atom stereocenters. The molecule has 0 unspecified atom stereocenters. The Bertz CT molecular complexity index is 1140. The van der Waals surface area contributed by atoms with Crippen LogP contribution in [0.1, 0.15) is 51.9 Å². The molecule has 33 heavy (non-hydrogen) atoms. The fraction of sp³-hybridized carbons (Fsp3) is 0.364. The average molecular weight is 451 g/mol. The van der Waals surface area contributed by atoms with Gasteiger partial charge in [0.1, 0.15) is 6.33 Å². The Morgan fingerprint density at radius 3 is 2.64 bits per heavy atom. The minimum Gasteiger partial charge on any atom is -0.396 e. The van der Waals surface area contributed by atoms with Gasteiger partial charge in [0.25, 0.3) is 11.8 Å². The quantitative estimate of drug-likeness (QED) is 0.450. The number of aliphatic hydroxyl groups excluding tert-OH is 1. The zero-order valence-electron chi connectivity index (χ0n) is 18.5. The number of hydrogen-bond donors (Lipinski definition) is 3. The van der Waals surface area contributed by atoms with E-state index in [9.17, 15) is 9.59 Å². The lowest BCUT2D eigenvalue weighted by molar-refractivity contribution is 0.0780. The van der Waals surface area contributed by atoms with E-state index in [-0.39, 0.29) is 29.6 Å². The monoisotopic (exact) mass is 450 g/mol. The zero-order chi connectivity index (χ0) is 23.4. The van der Waals surface area contributed by atoms with E-state index in [1.807, 2.05) is 12.1 Å². The number of aryl methyl sites for hydroxylation is 1. The van der Waals surface area contributed by atoms with Crippen LogP contribution in [0.2, 0.25) is 0 Å². The van der Waals surface area contributed by atoms with Crippen LogP contribution in [-0.4, -0.2) is 66.8 Å². The maximum atomic E-state index is 13.3. The normalized spacial score (nSPS) is 12.9. The topological polar surface area (TPSA) is 138 Å². The van der Waals surface area contributed by atoms with Gasteiger partial charge < -0.3 is 20.6 Å². The van der Waals surface area contributed by atoms with Crippen molar-refractivity contribution < 1.29 is 14.7 Å². The summed E-state index contributed by atoms with van der Waals surface area (Å²) < 4.78 is 1.47. The summed E-state index contributed by atoms with van der Waals surface area (Å²) in [7, 11) is 3.30. The van der Waals surface area contributed by atoms with Crippen LogP contribution >= 0.6 is 0 Å². The van der Waals surface area contributed by atoms with Gasteiger partial charge in [-0.15, -0.1) is 0 Å². The molecule has 3 N–H and O–H groups in total. The third-order valence-corrected chi connectivity index (χ3v) is 5.24. The van der Waals surface area contributed by atoms with E-state index in [1.165, 1.54) is 15.9 Å². The van der Waals surface area contributed by atoms with Crippen molar-refractivity contribution in [1.29, 1.82) is 0 Å². The molecule has 172 valence electrons. The minimum absolute atomic E-state index is 0.0192. The highest BCUT2D eigenvalue weighted by Gasteiger charge is 2.28. The molecule has 3 heterocycles.